The Morgan fingerprint density at radius 2 is 0.738 bits per heavy atom. The van der Waals surface area contributed by atoms with E-state index in [4.69, 9.17) is 17.3 Å². The Morgan fingerprint density at radius 3 is 1.23 bits per heavy atom. The molecule has 8 N–H and O–H groups in total. The molecule has 23 heteroatoms. The maximum atomic E-state index is 12.6. The van der Waals surface area contributed by atoms with Gasteiger partial charge in [-0.15, -0.1) is 0 Å². The van der Waals surface area contributed by atoms with Crippen molar-refractivity contribution in [2.75, 3.05) is 11.1 Å². The number of nitrogens with two attached hydrogens (primary N) is 1. The normalized spacial score (nSPS) is 12.4. The smallest absolute Gasteiger partial charge is 0.270 e. The minimum Gasteiger partial charge on any atom is -0.399 e. The molecule has 24 rings (SSSR count). The average Bonchev–Trinajstić information content (AvgIpc) is 1.32. The number of ketones is 4. The minimum absolute atomic E-state index is 0.0157. The summed E-state index contributed by atoms with van der Waals surface area (Å²) in [4.78, 5) is 152. The van der Waals surface area contributed by atoms with E-state index in [1.807, 2.05) is 153 Å². The highest BCUT2D eigenvalue weighted by atomic mass is 79.9. The third kappa shape index (κ3) is 12.8. The van der Waals surface area contributed by atoms with Crippen LogP contribution in [0.1, 0.15) is 99.3 Å². The van der Waals surface area contributed by atoms with Crippen LogP contribution in [-0.2, 0) is 17.6 Å². The number of carbonyl (C=O) groups excluding carboxylic acids is 5. The summed E-state index contributed by atoms with van der Waals surface area (Å²) in [6, 6.07) is 80.5. The van der Waals surface area contributed by atoms with Crippen LogP contribution in [0.2, 0.25) is 5.15 Å². The van der Waals surface area contributed by atoms with Crippen molar-refractivity contribution >= 4 is 138 Å². The van der Waals surface area contributed by atoms with Gasteiger partial charge in [-0.3, -0.25) is 58.1 Å². The maximum absolute atomic E-state index is 12.6. The Bertz CT molecular complexity index is 8080. The number of benzene rings is 12. The molecular weight excluding hydrogens is 1620 g/mol. The van der Waals surface area contributed by atoms with Crippen molar-refractivity contribution in [3.63, 3.8) is 0 Å². The Morgan fingerprint density at radius 1 is 0.385 bits per heavy atom. The molecule has 6 aliphatic carbocycles. The number of carbonyl (C=O) groups is 5. The lowest BCUT2D eigenvalue weighted by Crippen LogP contribution is -2.11. The van der Waals surface area contributed by atoms with Crippen molar-refractivity contribution < 1.29 is 28.9 Å². The summed E-state index contributed by atoms with van der Waals surface area (Å²) in [6.45, 7) is 1.81. The molecule has 6 aromatic heterocycles. The maximum Gasteiger partial charge on any atom is 0.270 e. The molecule has 0 bridgehead atoms. The van der Waals surface area contributed by atoms with Crippen molar-refractivity contribution in [3.8, 4) is 67.5 Å². The molecule has 12 aromatic carbocycles. The first kappa shape index (κ1) is 76.2. The molecule has 0 saturated carbocycles. The zero-order valence-electron chi connectivity index (χ0n) is 64.2. The number of fused-ring (bicyclic) bond motifs is 30. The largest absolute Gasteiger partial charge is 0.399 e. The van der Waals surface area contributed by atoms with Gasteiger partial charge in [0.15, 0.2) is 23.1 Å². The number of halogens is 2. The van der Waals surface area contributed by atoms with Crippen molar-refractivity contribution in [1.29, 1.82) is 0 Å². The van der Waals surface area contributed by atoms with Crippen LogP contribution in [0.3, 0.4) is 0 Å². The molecule has 0 spiro atoms. The first-order valence-electron chi connectivity index (χ1n) is 38.8. The van der Waals surface area contributed by atoms with Crippen molar-refractivity contribution in [3.05, 3.63) is 405 Å². The van der Waals surface area contributed by atoms with Crippen molar-refractivity contribution in [1.82, 2.24) is 29.9 Å². The fourth-order valence-corrected chi connectivity index (χ4v) is 17.9. The number of aromatic nitrogens is 6. The molecule has 0 fully saturated rings. The second-order valence-corrected chi connectivity index (χ2v) is 31.0. The van der Waals surface area contributed by atoms with E-state index in [9.17, 15) is 58.1 Å². The molecule has 588 valence electrons. The summed E-state index contributed by atoms with van der Waals surface area (Å²) >= 11 is 9.63. The Labute approximate surface area is 702 Å². The summed E-state index contributed by atoms with van der Waals surface area (Å²) in [5.74, 6) is -0.277. The fraction of sp³-hybridized carbons (Fsp3) is 0.0404. The number of nitro benzene ring substituents is 1. The number of nitrogens with one attached hydrogen (secondary N) is 6. The van der Waals surface area contributed by atoms with Crippen molar-refractivity contribution in [2.45, 2.75) is 26.2 Å². The van der Waals surface area contributed by atoms with E-state index >= 15 is 0 Å². The van der Waals surface area contributed by atoms with Gasteiger partial charge in [-0.05, 0) is 105 Å². The number of pyridine rings is 6. The lowest BCUT2D eigenvalue weighted by Gasteiger charge is -2.09. The van der Waals surface area contributed by atoms with Gasteiger partial charge >= 0.3 is 0 Å². The molecule has 6 heterocycles. The van der Waals surface area contributed by atoms with Crippen LogP contribution in [0, 0.1) is 10.1 Å². The van der Waals surface area contributed by atoms with Crippen LogP contribution in [0.4, 0.5) is 17.1 Å². The molecule has 0 saturated heterocycles. The van der Waals surface area contributed by atoms with Gasteiger partial charge in [-0.2, -0.15) is 0 Å². The van der Waals surface area contributed by atoms with E-state index < -0.39 is 4.92 Å². The lowest BCUT2D eigenvalue weighted by molar-refractivity contribution is -0.384. The Kier molecular flexibility index (Phi) is 18.9. The summed E-state index contributed by atoms with van der Waals surface area (Å²) in [5.41, 5.74) is 25.3. The second kappa shape index (κ2) is 30.3. The zero-order valence-corrected chi connectivity index (χ0v) is 66.5. The van der Waals surface area contributed by atoms with Crippen LogP contribution in [0.5, 0.6) is 0 Å². The van der Waals surface area contributed by atoms with Gasteiger partial charge in [-0.25, -0.2) is 4.98 Å². The van der Waals surface area contributed by atoms with Crippen LogP contribution < -0.4 is 38.8 Å². The zero-order chi connectivity index (χ0) is 84.2. The molecule has 1 amide bonds. The average molecular weight is 1680 g/mol. The van der Waals surface area contributed by atoms with Gasteiger partial charge < -0.3 is 36.0 Å². The predicted molar refractivity (Wildman–Crippen MR) is 479 cm³/mol. The first-order chi connectivity index (χ1) is 59.2. The number of nitrogens with zero attached hydrogens (tertiary/aromatic N) is 2. The molecule has 0 atom stereocenters. The molecule has 122 heavy (non-hydrogen) atoms. The van der Waals surface area contributed by atoms with Gasteiger partial charge in [0, 0.05) is 151 Å². The Hall–Kier alpha value is -15.8. The fourth-order valence-electron chi connectivity index (χ4n) is 17.2. The quantitative estimate of drug-likeness (QED) is 0.0374. The monoisotopic (exact) mass is 1680 g/mol. The van der Waals surface area contributed by atoms with Gasteiger partial charge in [-0.1, -0.05) is 223 Å². The number of H-pyrrole nitrogens is 5. The highest BCUT2D eigenvalue weighted by molar-refractivity contribution is 9.10. The number of anilines is 2. The molecule has 18 aromatic rings. The number of nitrogen functional groups attached to an aromatic ring is 1. The van der Waals surface area contributed by atoms with Gasteiger partial charge in [0.1, 0.15) is 5.15 Å². The van der Waals surface area contributed by atoms with Crippen LogP contribution >= 0.6 is 27.5 Å². The number of rotatable bonds is 3. The highest BCUT2D eigenvalue weighted by Crippen LogP contribution is 2.46. The summed E-state index contributed by atoms with van der Waals surface area (Å²) in [6.07, 6.45) is 2.07. The molecule has 0 aliphatic heterocycles. The second-order valence-electron chi connectivity index (χ2n) is 29.8. The third-order valence-corrected chi connectivity index (χ3v) is 23.6. The number of hydrogen-bond acceptors (Lipinski definition) is 14. The molecule has 6 aliphatic rings. The number of non-ortho nitro benzene ring substituents is 1. The van der Waals surface area contributed by atoms with E-state index in [1.165, 1.54) is 34.9 Å². The van der Waals surface area contributed by atoms with Crippen LogP contribution in [-0.4, -0.2) is 63.9 Å². The standard InChI is InChI=1S/C19H16N2O2.C16H8BrNO2.C16H8ClNO.C16H8N2O4.C16H12N2O.C16H9NO2/c1-2-17(22)20-12-7-8-14-15(10-12)16-9-11-5-3-4-6-13(11)18(16)21-19(14)23;17-8-5-6-11-12(7-8)13-14(18-16(11)20)9-3-1-2-4-10(9)15(13)19;17-16-12-8-4-1-5-9(12)13-14(18-16)10-6-2-3-7-11(10)15(13)19;19-15-10-4-2-1-3-9(10)14-13(15)12-7-8(18(21)22)5-6-11(12)16(20)17-14;17-10-5-6-12-13(8-10)14-7-9-3-1-2-4-11(9)15(14)18-16(12)19;18-15-11-7-3-2-6-10(11)14-13(15)9-5-1-4-8-12(9)16(19)17-14/h3-8,10H,2,9H2,1H3,(H,20,22)(H,21,23);1-7H,(H,18,20);1-8H;1-7H,(H,17,20);1-6,8H,7,17H2,(H,18,19);1-8H,(H,17,19). The first-order valence-corrected chi connectivity index (χ1v) is 40.0. The number of nitro groups is 1. The van der Waals surface area contributed by atoms with Crippen LogP contribution in [0.25, 0.3) is 132 Å². The highest BCUT2D eigenvalue weighted by Gasteiger charge is 2.35. The third-order valence-electron chi connectivity index (χ3n) is 22.8. The molecular formula is C99H61BrClN9O12. The molecule has 0 radical (unpaired) electrons. The Balaban J connectivity index is 0.0000000965. The van der Waals surface area contributed by atoms with E-state index in [2.05, 4.69) is 69.3 Å². The topological polar surface area (TPSA) is 344 Å². The summed E-state index contributed by atoms with van der Waals surface area (Å²) in [7, 11) is 0. The minimum atomic E-state index is -0.542. The van der Waals surface area contributed by atoms with Gasteiger partial charge in [0.25, 0.3) is 33.5 Å². The summed E-state index contributed by atoms with van der Waals surface area (Å²) < 4.78 is 0.849. The lowest BCUT2D eigenvalue weighted by atomic mass is 10.0. The van der Waals surface area contributed by atoms with Gasteiger partial charge in [0.2, 0.25) is 5.91 Å². The van der Waals surface area contributed by atoms with E-state index in [-0.39, 0.29) is 67.9 Å². The number of hydrogen-bond donors (Lipinski definition) is 7. The molecule has 0 unspecified atom stereocenters. The van der Waals surface area contributed by atoms with Gasteiger partial charge in [0.05, 0.1) is 61.3 Å². The SMILES string of the molecule is CCC(=O)Nc1ccc2c(=O)[nH]c3c(c2c1)Cc1ccccc1-3.Nc1ccc2c(=O)[nH]c3c(c2c1)Cc1ccccc1-3.O=C1c2ccccc2-c2[nH]c(=O)c3ccc(Br)cc3c21.O=C1c2ccccc2-c2[nH]c(=O)c3ccc([N+](=O)[O-])cc3c21.O=C1c2ccccc2-c2[nH]c(=O)c3ccccc3c21.O=C1c2ccccc2-c2nc(Cl)c3ccccc3c21. The number of amides is 1. The van der Waals surface area contributed by atoms with E-state index in [0.29, 0.717) is 122 Å². The van der Waals surface area contributed by atoms with E-state index in [1.54, 1.807) is 84.9 Å². The van der Waals surface area contributed by atoms with E-state index in [0.717, 1.165) is 94.7 Å². The number of aromatic amines is 5. The predicted octanol–water partition coefficient (Wildman–Crippen LogP) is 19.1. The summed E-state index contributed by atoms with van der Waals surface area (Å²) in [5, 5.41) is 22.3. The van der Waals surface area contributed by atoms with Crippen LogP contribution in [0.15, 0.2) is 295 Å². The molecule has 21 nitrogen and oxygen atoms in total. The van der Waals surface area contributed by atoms with Crippen molar-refractivity contribution in [2.24, 2.45) is 0 Å².